The molecule has 3 N–H and O–H groups in total. The van der Waals surface area contributed by atoms with Gasteiger partial charge in [-0.2, -0.15) is 0 Å². The summed E-state index contributed by atoms with van der Waals surface area (Å²) in [4.78, 5) is 16.9. The number of Topliss-reactive ketones (excluding diaryl/α,β-unsaturated/α-hetero) is 1. The van der Waals surface area contributed by atoms with Gasteiger partial charge < -0.3 is 15.7 Å². The van der Waals surface area contributed by atoms with Gasteiger partial charge >= 0.3 is 0 Å². The number of nitrogens with zero attached hydrogens (tertiary/aromatic N) is 1. The molecule has 31 heavy (non-hydrogen) atoms. The minimum Gasteiger partial charge on any atom is -0.505 e. The molecule has 1 heterocycles. The predicted octanol–water partition coefficient (Wildman–Crippen LogP) is 6.06. The Morgan fingerprint density at radius 2 is 1.68 bits per heavy atom. The molecule has 1 aromatic heterocycles. The van der Waals surface area contributed by atoms with E-state index in [1.807, 2.05) is 25.2 Å². The van der Waals surface area contributed by atoms with Gasteiger partial charge in [-0.15, -0.1) is 0 Å². The van der Waals surface area contributed by atoms with Gasteiger partial charge in [-0.05, 0) is 75.0 Å². The Hall–Kier alpha value is -2.34. The van der Waals surface area contributed by atoms with Crippen molar-refractivity contribution < 1.29 is 9.90 Å². The average Bonchev–Trinajstić information content (AvgIpc) is 2.77. The second-order valence-electron chi connectivity index (χ2n) is 8.11. The summed E-state index contributed by atoms with van der Waals surface area (Å²) >= 11 is 12.3. The molecule has 1 fully saturated rings. The first kappa shape index (κ1) is 21.9. The van der Waals surface area contributed by atoms with E-state index in [0.29, 0.717) is 17.6 Å². The number of nitrogens with one attached hydrogen (secondary N) is 2. The number of ketones is 1. The van der Waals surface area contributed by atoms with Gasteiger partial charge in [-0.3, -0.25) is 9.78 Å². The fourth-order valence-electron chi connectivity index (χ4n) is 4.26. The highest BCUT2D eigenvalue weighted by molar-refractivity contribution is 6.37. The molecule has 0 unspecified atom stereocenters. The van der Waals surface area contributed by atoms with E-state index in [-0.39, 0.29) is 21.6 Å². The van der Waals surface area contributed by atoms with Crippen LogP contribution in [0.4, 0.5) is 5.69 Å². The molecular weight excluding hydrogens is 433 g/mol. The third-order valence-corrected chi connectivity index (χ3v) is 6.66. The summed E-state index contributed by atoms with van der Waals surface area (Å²) in [5.41, 5.74) is 3.87. The topological polar surface area (TPSA) is 74.2 Å². The smallest absolute Gasteiger partial charge is 0.163 e. The molecule has 1 aliphatic rings. The molecule has 0 bridgehead atoms. The van der Waals surface area contributed by atoms with Crippen LogP contribution in [-0.2, 0) is 0 Å². The van der Waals surface area contributed by atoms with E-state index in [0.717, 1.165) is 53.4 Å². The zero-order valence-electron chi connectivity index (χ0n) is 17.5. The molecule has 162 valence electrons. The van der Waals surface area contributed by atoms with E-state index in [4.69, 9.17) is 23.2 Å². The maximum atomic E-state index is 12.4. The molecule has 0 radical (unpaired) electrons. The largest absolute Gasteiger partial charge is 0.505 e. The van der Waals surface area contributed by atoms with Crippen molar-refractivity contribution in [3.8, 4) is 16.9 Å². The highest BCUT2D eigenvalue weighted by Crippen LogP contribution is 2.38. The Bertz CT molecular complexity index is 1120. The summed E-state index contributed by atoms with van der Waals surface area (Å²) in [6.07, 6.45) is 5.93. The first-order chi connectivity index (χ1) is 14.9. The number of aromatic hydroxyl groups is 1. The Morgan fingerprint density at radius 3 is 2.29 bits per heavy atom. The van der Waals surface area contributed by atoms with Crippen LogP contribution in [-0.4, -0.2) is 35.0 Å². The number of hydrogen-bond acceptors (Lipinski definition) is 5. The number of pyridine rings is 1. The first-order valence-corrected chi connectivity index (χ1v) is 11.2. The van der Waals surface area contributed by atoms with E-state index in [1.54, 1.807) is 25.3 Å². The van der Waals surface area contributed by atoms with E-state index < -0.39 is 0 Å². The minimum absolute atomic E-state index is 0.0260. The van der Waals surface area contributed by atoms with Crippen molar-refractivity contribution in [3.05, 3.63) is 52.1 Å². The number of benzene rings is 2. The van der Waals surface area contributed by atoms with E-state index in [2.05, 4.69) is 15.6 Å². The van der Waals surface area contributed by atoms with Crippen LogP contribution in [0.25, 0.3) is 22.0 Å². The van der Waals surface area contributed by atoms with Crippen LogP contribution >= 0.6 is 23.2 Å². The highest BCUT2D eigenvalue weighted by Gasteiger charge is 2.22. The van der Waals surface area contributed by atoms with Gasteiger partial charge in [0.05, 0.1) is 26.8 Å². The number of rotatable bonds is 5. The lowest BCUT2D eigenvalue weighted by Crippen LogP contribution is -2.35. The average molecular weight is 458 g/mol. The van der Waals surface area contributed by atoms with Crippen molar-refractivity contribution >= 4 is 45.6 Å². The number of fused-ring (bicyclic) bond motifs is 1. The molecule has 0 spiro atoms. The zero-order chi connectivity index (χ0) is 22.1. The second kappa shape index (κ2) is 9.03. The fraction of sp³-hybridized carbons (Fsp3) is 0.333. The van der Waals surface area contributed by atoms with Crippen molar-refractivity contribution in [1.82, 2.24) is 10.3 Å². The number of phenols is 1. The van der Waals surface area contributed by atoms with Gasteiger partial charge in [0.25, 0.3) is 0 Å². The Morgan fingerprint density at radius 1 is 1.03 bits per heavy atom. The van der Waals surface area contributed by atoms with Gasteiger partial charge in [-0.1, -0.05) is 29.3 Å². The lowest BCUT2D eigenvalue weighted by Gasteiger charge is -2.30. The molecule has 4 rings (SSSR count). The van der Waals surface area contributed by atoms with Gasteiger partial charge in [0.1, 0.15) is 0 Å². The molecule has 0 aliphatic heterocycles. The van der Waals surface area contributed by atoms with Crippen molar-refractivity contribution in [2.45, 2.75) is 44.7 Å². The lowest BCUT2D eigenvalue weighted by atomic mass is 9.90. The molecular formula is C24H25Cl2N3O2. The van der Waals surface area contributed by atoms with E-state index in [1.165, 1.54) is 0 Å². The highest BCUT2D eigenvalue weighted by atomic mass is 35.5. The van der Waals surface area contributed by atoms with Crippen LogP contribution in [0, 0.1) is 0 Å². The quantitative estimate of drug-likeness (QED) is 0.406. The number of carbonyl (C=O) groups excluding carboxylic acids is 1. The van der Waals surface area contributed by atoms with Gasteiger partial charge in [0.2, 0.25) is 0 Å². The van der Waals surface area contributed by atoms with Crippen LogP contribution in [0.3, 0.4) is 0 Å². The van der Waals surface area contributed by atoms with E-state index >= 15 is 0 Å². The fourth-order valence-corrected chi connectivity index (χ4v) is 4.74. The number of anilines is 1. The number of phenolic OH excluding ortho intramolecular Hbond substituents is 1. The zero-order valence-corrected chi connectivity index (χ0v) is 19.0. The van der Waals surface area contributed by atoms with Gasteiger partial charge in [-0.25, -0.2) is 0 Å². The van der Waals surface area contributed by atoms with Crippen LogP contribution in [0.5, 0.6) is 5.75 Å². The number of carbonyl (C=O) groups is 1. The molecule has 0 saturated heterocycles. The Kier molecular flexibility index (Phi) is 6.37. The molecule has 1 aliphatic carbocycles. The van der Waals surface area contributed by atoms with Gasteiger partial charge in [0, 0.05) is 23.7 Å². The van der Waals surface area contributed by atoms with Crippen LogP contribution in [0.2, 0.25) is 10.0 Å². The molecule has 7 heteroatoms. The Labute approximate surface area is 191 Å². The summed E-state index contributed by atoms with van der Waals surface area (Å²) in [7, 11) is 2.01. The van der Waals surface area contributed by atoms with E-state index in [9.17, 15) is 9.90 Å². The predicted molar refractivity (Wildman–Crippen MR) is 128 cm³/mol. The summed E-state index contributed by atoms with van der Waals surface area (Å²) in [5, 5.41) is 18.1. The molecule has 1 saturated carbocycles. The molecule has 0 atom stereocenters. The normalized spacial score (nSPS) is 18.8. The van der Waals surface area contributed by atoms with Gasteiger partial charge in [0.15, 0.2) is 11.5 Å². The molecule has 3 aromatic rings. The number of halogens is 2. The summed E-state index contributed by atoms with van der Waals surface area (Å²) in [5.74, 6) is -0.158. The summed E-state index contributed by atoms with van der Waals surface area (Å²) in [6.45, 7) is 1.56. The van der Waals surface area contributed by atoms with Crippen molar-refractivity contribution in [3.63, 3.8) is 0 Å². The minimum atomic E-state index is -0.132. The van der Waals surface area contributed by atoms with Crippen molar-refractivity contribution in [2.24, 2.45) is 0 Å². The summed E-state index contributed by atoms with van der Waals surface area (Å²) < 4.78 is 0. The Balaban J connectivity index is 1.78. The van der Waals surface area contributed by atoms with Crippen LogP contribution in [0.15, 0.2) is 36.5 Å². The third kappa shape index (κ3) is 4.49. The number of hydrogen-bond donors (Lipinski definition) is 3. The molecule has 5 nitrogen and oxygen atoms in total. The third-order valence-electron chi connectivity index (χ3n) is 6.08. The standard InChI is InChI=1S/C24H25Cl2N3O2/c1-13(30)19-12-28-22-8-3-14(15-10-20(25)24(31)21(26)11-15)9-18(22)23(19)29-17-6-4-16(27-2)5-7-17/h3,8-12,16-17,27,31H,4-7H2,1-2H3,(H,28,29)/t16-,17-. The van der Waals surface area contributed by atoms with Crippen molar-refractivity contribution in [1.29, 1.82) is 0 Å². The van der Waals surface area contributed by atoms with Crippen LogP contribution in [0.1, 0.15) is 43.0 Å². The maximum absolute atomic E-state index is 12.4. The monoisotopic (exact) mass is 457 g/mol. The molecule has 0 amide bonds. The first-order valence-electron chi connectivity index (χ1n) is 10.4. The SMILES string of the molecule is CN[C@H]1CC[C@H](Nc2c(C(C)=O)cnc3ccc(-c4cc(Cl)c(O)c(Cl)c4)cc23)CC1. The summed E-state index contributed by atoms with van der Waals surface area (Å²) in [6, 6.07) is 10.1. The van der Waals surface area contributed by atoms with Crippen LogP contribution < -0.4 is 10.6 Å². The van der Waals surface area contributed by atoms with Crippen molar-refractivity contribution in [2.75, 3.05) is 12.4 Å². The lowest BCUT2D eigenvalue weighted by molar-refractivity contribution is 0.101. The maximum Gasteiger partial charge on any atom is 0.163 e. The molecule has 2 aromatic carbocycles. The number of aromatic nitrogens is 1. The second-order valence-corrected chi connectivity index (χ2v) is 8.92.